The molecule has 0 spiro atoms. The summed E-state index contributed by atoms with van der Waals surface area (Å²) >= 11 is 7.71. The molecule has 0 amide bonds. The number of halogens is 1. The molecule has 1 aromatic carbocycles. The van der Waals surface area contributed by atoms with Crippen molar-refractivity contribution in [2.45, 2.75) is 26.7 Å². The average Bonchev–Trinajstić information content (AvgIpc) is 2.84. The highest BCUT2D eigenvalue weighted by Crippen LogP contribution is 2.19. The molecule has 0 saturated heterocycles. The van der Waals surface area contributed by atoms with Gasteiger partial charge in [0, 0.05) is 22.5 Å². The summed E-state index contributed by atoms with van der Waals surface area (Å²) in [6.07, 6.45) is 2.09. The molecule has 20 heavy (non-hydrogen) atoms. The zero-order chi connectivity index (χ0) is 14.4. The molecule has 1 heterocycles. The second-order valence-electron chi connectivity index (χ2n) is 5.09. The highest BCUT2D eigenvalue weighted by Gasteiger charge is 2.12. The third kappa shape index (κ3) is 4.89. The molecule has 2 rings (SSSR count). The van der Waals surface area contributed by atoms with Crippen LogP contribution in [0.5, 0.6) is 0 Å². The van der Waals surface area contributed by atoms with Crippen molar-refractivity contribution in [1.82, 2.24) is 10.3 Å². The molecule has 0 aliphatic carbocycles. The van der Waals surface area contributed by atoms with Crippen molar-refractivity contribution < 1.29 is 0 Å². The lowest BCUT2D eigenvalue weighted by atomic mass is 9.96. The van der Waals surface area contributed by atoms with Gasteiger partial charge in [-0.3, -0.25) is 0 Å². The molecular weight excluding hydrogens is 288 g/mol. The van der Waals surface area contributed by atoms with E-state index in [1.165, 1.54) is 10.6 Å². The van der Waals surface area contributed by atoms with Crippen molar-refractivity contribution in [3.8, 4) is 0 Å². The maximum absolute atomic E-state index is 5.94. The van der Waals surface area contributed by atoms with Gasteiger partial charge in [-0.25, -0.2) is 4.98 Å². The van der Waals surface area contributed by atoms with Crippen LogP contribution in [0.15, 0.2) is 29.6 Å². The van der Waals surface area contributed by atoms with E-state index in [1.807, 2.05) is 12.1 Å². The third-order valence-corrected chi connectivity index (χ3v) is 4.49. The summed E-state index contributed by atoms with van der Waals surface area (Å²) < 4.78 is 0. The van der Waals surface area contributed by atoms with Gasteiger partial charge in [0.2, 0.25) is 0 Å². The van der Waals surface area contributed by atoms with Crippen molar-refractivity contribution in [2.24, 2.45) is 5.92 Å². The lowest BCUT2D eigenvalue weighted by Crippen LogP contribution is -2.25. The van der Waals surface area contributed by atoms with Gasteiger partial charge in [-0.2, -0.15) is 0 Å². The Bertz CT molecular complexity index is 522. The fraction of sp³-hybridized carbons (Fsp3) is 0.438. The number of hydrogen-bond acceptors (Lipinski definition) is 3. The lowest BCUT2D eigenvalue weighted by molar-refractivity contribution is 0.477. The van der Waals surface area contributed by atoms with Crippen LogP contribution < -0.4 is 5.32 Å². The van der Waals surface area contributed by atoms with Crippen LogP contribution in [0.25, 0.3) is 0 Å². The van der Waals surface area contributed by atoms with Gasteiger partial charge in [0.25, 0.3) is 0 Å². The Hall–Kier alpha value is -0.900. The molecule has 4 heteroatoms. The summed E-state index contributed by atoms with van der Waals surface area (Å²) in [6, 6.07) is 8.17. The van der Waals surface area contributed by atoms with E-state index in [0.29, 0.717) is 5.92 Å². The number of benzene rings is 1. The van der Waals surface area contributed by atoms with Crippen molar-refractivity contribution in [1.29, 1.82) is 0 Å². The second kappa shape index (κ2) is 7.77. The summed E-state index contributed by atoms with van der Waals surface area (Å²) in [4.78, 5) is 4.58. The van der Waals surface area contributed by atoms with Crippen molar-refractivity contribution in [3.63, 3.8) is 0 Å². The normalized spacial score (nSPS) is 12.6. The Balaban J connectivity index is 2.00. The molecule has 1 atom stereocenters. The predicted octanol–water partition coefficient (Wildman–Crippen LogP) is 4.12. The SMILES string of the molecule is CCNCC(Cc1ccc(Cl)cc1)Cc1nc(C)cs1. The van der Waals surface area contributed by atoms with Crippen LogP contribution in [0, 0.1) is 12.8 Å². The summed E-state index contributed by atoms with van der Waals surface area (Å²) in [6.45, 7) is 6.23. The monoisotopic (exact) mass is 308 g/mol. The fourth-order valence-electron chi connectivity index (χ4n) is 2.26. The summed E-state index contributed by atoms with van der Waals surface area (Å²) in [5.41, 5.74) is 2.46. The molecule has 0 saturated carbocycles. The zero-order valence-corrected chi connectivity index (χ0v) is 13.6. The first-order chi connectivity index (χ1) is 9.67. The predicted molar refractivity (Wildman–Crippen MR) is 87.7 cm³/mol. The minimum atomic E-state index is 0.571. The molecule has 2 nitrogen and oxygen atoms in total. The van der Waals surface area contributed by atoms with E-state index in [1.54, 1.807) is 11.3 Å². The van der Waals surface area contributed by atoms with E-state index in [9.17, 15) is 0 Å². The van der Waals surface area contributed by atoms with E-state index >= 15 is 0 Å². The minimum absolute atomic E-state index is 0.571. The van der Waals surface area contributed by atoms with Gasteiger partial charge < -0.3 is 5.32 Å². The minimum Gasteiger partial charge on any atom is -0.317 e. The first-order valence-electron chi connectivity index (χ1n) is 7.03. The smallest absolute Gasteiger partial charge is 0.0931 e. The number of hydrogen-bond donors (Lipinski definition) is 1. The summed E-state index contributed by atoms with van der Waals surface area (Å²) in [5, 5.41) is 7.62. The van der Waals surface area contributed by atoms with Crippen LogP contribution in [0.1, 0.15) is 23.2 Å². The Morgan fingerprint density at radius 1 is 1.25 bits per heavy atom. The van der Waals surface area contributed by atoms with Crippen LogP contribution >= 0.6 is 22.9 Å². The van der Waals surface area contributed by atoms with Gasteiger partial charge in [-0.15, -0.1) is 11.3 Å². The molecule has 108 valence electrons. The average molecular weight is 309 g/mol. The maximum atomic E-state index is 5.94. The first-order valence-corrected chi connectivity index (χ1v) is 8.29. The van der Waals surface area contributed by atoms with Crippen LogP contribution in [0.4, 0.5) is 0 Å². The van der Waals surface area contributed by atoms with Crippen LogP contribution in [0.2, 0.25) is 5.02 Å². The molecule has 1 unspecified atom stereocenters. The first kappa shape index (κ1) is 15.5. The Morgan fingerprint density at radius 2 is 2.00 bits per heavy atom. The second-order valence-corrected chi connectivity index (χ2v) is 6.47. The topological polar surface area (TPSA) is 24.9 Å². The van der Waals surface area contributed by atoms with Crippen LogP contribution in [-0.4, -0.2) is 18.1 Å². The van der Waals surface area contributed by atoms with E-state index in [-0.39, 0.29) is 0 Å². The molecule has 1 N–H and O–H groups in total. The van der Waals surface area contributed by atoms with Gasteiger partial charge >= 0.3 is 0 Å². The molecule has 0 fully saturated rings. The van der Waals surface area contributed by atoms with Crippen molar-refractivity contribution in [3.05, 3.63) is 50.9 Å². The van der Waals surface area contributed by atoms with Gasteiger partial charge in [-0.1, -0.05) is 30.7 Å². The maximum Gasteiger partial charge on any atom is 0.0931 e. The van der Waals surface area contributed by atoms with E-state index in [0.717, 1.165) is 36.6 Å². The fourth-order valence-corrected chi connectivity index (χ4v) is 3.28. The van der Waals surface area contributed by atoms with Gasteiger partial charge in [0.05, 0.1) is 5.01 Å². The number of aryl methyl sites for hydroxylation is 1. The number of rotatable bonds is 7. The third-order valence-electron chi connectivity index (χ3n) is 3.25. The van der Waals surface area contributed by atoms with Gasteiger partial charge in [0.1, 0.15) is 0 Å². The number of thiazole rings is 1. The van der Waals surface area contributed by atoms with Crippen LogP contribution in [0.3, 0.4) is 0 Å². The molecule has 0 bridgehead atoms. The zero-order valence-electron chi connectivity index (χ0n) is 12.0. The lowest BCUT2D eigenvalue weighted by Gasteiger charge is -2.16. The van der Waals surface area contributed by atoms with E-state index in [2.05, 4.69) is 41.7 Å². The highest BCUT2D eigenvalue weighted by molar-refractivity contribution is 7.09. The number of nitrogens with one attached hydrogen (secondary N) is 1. The van der Waals surface area contributed by atoms with Crippen molar-refractivity contribution in [2.75, 3.05) is 13.1 Å². The summed E-state index contributed by atoms with van der Waals surface area (Å²) in [5.74, 6) is 0.571. The quantitative estimate of drug-likeness (QED) is 0.832. The number of aromatic nitrogens is 1. The molecule has 0 aliphatic rings. The van der Waals surface area contributed by atoms with Gasteiger partial charge in [-0.05, 0) is 50.0 Å². The Labute approximate surface area is 130 Å². The van der Waals surface area contributed by atoms with Crippen molar-refractivity contribution >= 4 is 22.9 Å². The molecule has 0 radical (unpaired) electrons. The summed E-state index contributed by atoms with van der Waals surface area (Å²) in [7, 11) is 0. The van der Waals surface area contributed by atoms with Gasteiger partial charge in [0.15, 0.2) is 0 Å². The molecule has 2 aromatic rings. The van der Waals surface area contributed by atoms with E-state index in [4.69, 9.17) is 11.6 Å². The largest absolute Gasteiger partial charge is 0.317 e. The molecule has 1 aromatic heterocycles. The molecule has 0 aliphatic heterocycles. The Kier molecular flexibility index (Phi) is 6.02. The number of nitrogens with zero attached hydrogens (tertiary/aromatic N) is 1. The standard InChI is InChI=1S/C16H21ClN2S/c1-3-18-10-14(9-16-19-12(2)11-20-16)8-13-4-6-15(17)7-5-13/h4-7,11,14,18H,3,8-10H2,1-2H3. The van der Waals surface area contributed by atoms with E-state index < -0.39 is 0 Å². The molecular formula is C16H21ClN2S. The van der Waals surface area contributed by atoms with Crippen LogP contribution in [-0.2, 0) is 12.8 Å². The Morgan fingerprint density at radius 3 is 2.60 bits per heavy atom. The highest BCUT2D eigenvalue weighted by atomic mass is 35.5.